The highest BCUT2D eigenvalue weighted by atomic mass is 32.1. The van der Waals surface area contributed by atoms with Crippen molar-refractivity contribution in [2.45, 2.75) is 32.8 Å². The fourth-order valence-electron chi connectivity index (χ4n) is 2.13. The van der Waals surface area contributed by atoms with E-state index in [4.69, 9.17) is 4.74 Å². The molecule has 0 aliphatic rings. The summed E-state index contributed by atoms with van der Waals surface area (Å²) in [5.41, 5.74) is 1.10. The van der Waals surface area contributed by atoms with E-state index in [9.17, 15) is 5.26 Å². The molecule has 0 bridgehead atoms. The predicted molar refractivity (Wildman–Crippen MR) is 85.1 cm³/mol. The van der Waals surface area contributed by atoms with Gasteiger partial charge in [-0.1, -0.05) is 50.3 Å². The minimum atomic E-state index is -0.181. The smallest absolute Gasteiger partial charge is 0.213 e. The van der Waals surface area contributed by atoms with Crippen LogP contribution in [0.5, 0.6) is 5.75 Å². The van der Waals surface area contributed by atoms with Crippen LogP contribution in [-0.2, 0) is 12.0 Å². The Hall–Kier alpha value is -2.39. The highest BCUT2D eigenvalue weighted by molar-refractivity contribution is 7.16. The third kappa shape index (κ3) is 2.68. The summed E-state index contributed by atoms with van der Waals surface area (Å²) < 4.78 is 7.31. The Morgan fingerprint density at radius 3 is 2.64 bits per heavy atom. The number of nitriles is 1. The summed E-state index contributed by atoms with van der Waals surface area (Å²) in [5.74, 6) is 0.797. The molecule has 0 aliphatic heterocycles. The standard InChI is InChI=1S/C16H16N4OS/c1-16(2,3)14-12(9-17)20-15(18-14)22-13(19-20)10-21-11-7-5-4-6-8-11/h4-8H,10H2,1-3H3. The van der Waals surface area contributed by atoms with Crippen molar-refractivity contribution in [2.24, 2.45) is 0 Å². The van der Waals surface area contributed by atoms with E-state index < -0.39 is 0 Å². The molecule has 0 atom stereocenters. The first kappa shape index (κ1) is 14.5. The number of imidazole rings is 1. The molecule has 22 heavy (non-hydrogen) atoms. The van der Waals surface area contributed by atoms with Crippen molar-refractivity contribution in [3.05, 3.63) is 46.7 Å². The van der Waals surface area contributed by atoms with Gasteiger partial charge in [-0.3, -0.25) is 0 Å². The van der Waals surface area contributed by atoms with E-state index in [1.54, 1.807) is 4.52 Å². The molecular weight excluding hydrogens is 296 g/mol. The van der Waals surface area contributed by atoms with E-state index >= 15 is 0 Å². The van der Waals surface area contributed by atoms with Gasteiger partial charge in [-0.2, -0.15) is 14.9 Å². The summed E-state index contributed by atoms with van der Waals surface area (Å²) in [6, 6.07) is 11.8. The van der Waals surface area contributed by atoms with E-state index in [1.165, 1.54) is 11.3 Å². The van der Waals surface area contributed by atoms with Gasteiger partial charge in [-0.15, -0.1) is 0 Å². The maximum absolute atomic E-state index is 9.41. The van der Waals surface area contributed by atoms with E-state index in [0.717, 1.165) is 21.4 Å². The van der Waals surface area contributed by atoms with Crippen LogP contribution in [0.1, 0.15) is 37.2 Å². The molecule has 5 nitrogen and oxygen atoms in total. The van der Waals surface area contributed by atoms with Gasteiger partial charge in [-0.05, 0) is 12.1 Å². The zero-order valence-corrected chi connectivity index (χ0v) is 13.5. The van der Waals surface area contributed by atoms with Gasteiger partial charge in [0, 0.05) is 5.41 Å². The van der Waals surface area contributed by atoms with Crippen LogP contribution in [0.3, 0.4) is 0 Å². The lowest BCUT2D eigenvalue weighted by Gasteiger charge is -2.14. The molecule has 0 spiro atoms. The Balaban J connectivity index is 1.88. The SMILES string of the molecule is CC(C)(C)c1nc2sc(COc3ccccc3)nn2c1C#N. The third-order valence-electron chi connectivity index (χ3n) is 3.17. The van der Waals surface area contributed by atoms with E-state index in [-0.39, 0.29) is 5.41 Å². The highest BCUT2D eigenvalue weighted by Crippen LogP contribution is 2.28. The molecule has 0 saturated carbocycles. The lowest BCUT2D eigenvalue weighted by molar-refractivity contribution is 0.304. The number of aromatic nitrogens is 3. The van der Waals surface area contributed by atoms with Crippen LogP contribution >= 0.6 is 11.3 Å². The monoisotopic (exact) mass is 312 g/mol. The number of hydrogen-bond donors (Lipinski definition) is 0. The van der Waals surface area contributed by atoms with Gasteiger partial charge in [0.05, 0.1) is 5.69 Å². The summed E-state index contributed by atoms with van der Waals surface area (Å²) in [7, 11) is 0. The zero-order valence-electron chi connectivity index (χ0n) is 12.7. The van der Waals surface area contributed by atoms with Crippen LogP contribution < -0.4 is 4.74 Å². The Morgan fingerprint density at radius 1 is 1.27 bits per heavy atom. The lowest BCUT2D eigenvalue weighted by Crippen LogP contribution is -2.14. The average molecular weight is 312 g/mol. The van der Waals surface area contributed by atoms with Gasteiger partial charge in [0.15, 0.2) is 10.7 Å². The summed E-state index contributed by atoms with van der Waals surface area (Å²) in [5, 5.41) is 14.7. The number of rotatable bonds is 3. The van der Waals surface area contributed by atoms with Crippen molar-refractivity contribution in [2.75, 3.05) is 0 Å². The molecule has 3 rings (SSSR count). The Kier molecular flexibility index (Phi) is 3.59. The normalized spacial score (nSPS) is 11.5. The molecule has 0 saturated heterocycles. The zero-order chi connectivity index (χ0) is 15.7. The number of para-hydroxylation sites is 1. The second-order valence-electron chi connectivity index (χ2n) is 5.96. The number of fused-ring (bicyclic) bond motifs is 1. The van der Waals surface area contributed by atoms with E-state index in [0.29, 0.717) is 12.3 Å². The maximum Gasteiger partial charge on any atom is 0.213 e. The molecule has 112 valence electrons. The quantitative estimate of drug-likeness (QED) is 0.742. The first-order valence-corrected chi connectivity index (χ1v) is 7.77. The molecular formula is C16H16N4OS. The molecule has 1 aromatic carbocycles. The molecule has 6 heteroatoms. The molecule has 0 N–H and O–H groups in total. The molecule has 0 unspecified atom stereocenters. The Labute approximate surface area is 132 Å². The second kappa shape index (κ2) is 5.43. The van der Waals surface area contributed by atoms with Gasteiger partial charge >= 0.3 is 0 Å². The number of nitrogens with zero attached hydrogens (tertiary/aromatic N) is 4. The number of benzene rings is 1. The topological polar surface area (TPSA) is 63.2 Å². The average Bonchev–Trinajstić information content (AvgIpc) is 3.02. The molecule has 3 aromatic rings. The maximum atomic E-state index is 9.41. The first-order valence-electron chi connectivity index (χ1n) is 6.96. The van der Waals surface area contributed by atoms with Crippen LogP contribution in [-0.4, -0.2) is 14.6 Å². The number of hydrogen-bond acceptors (Lipinski definition) is 5. The van der Waals surface area contributed by atoms with Crippen LogP contribution in [0, 0.1) is 11.3 Å². The van der Waals surface area contributed by atoms with Crippen molar-refractivity contribution < 1.29 is 4.74 Å². The second-order valence-corrected chi connectivity index (χ2v) is 7.00. The summed E-state index contributed by atoms with van der Waals surface area (Å²) in [6.45, 7) is 6.49. The van der Waals surface area contributed by atoms with Crippen LogP contribution in [0.2, 0.25) is 0 Å². The highest BCUT2D eigenvalue weighted by Gasteiger charge is 2.25. The summed E-state index contributed by atoms with van der Waals surface area (Å²) in [6.07, 6.45) is 0. The molecule has 0 fully saturated rings. The van der Waals surface area contributed by atoms with Gasteiger partial charge in [0.1, 0.15) is 18.4 Å². The minimum absolute atomic E-state index is 0.181. The van der Waals surface area contributed by atoms with E-state index in [2.05, 4.69) is 16.2 Å². The third-order valence-corrected chi connectivity index (χ3v) is 4.05. The lowest BCUT2D eigenvalue weighted by atomic mass is 9.91. The summed E-state index contributed by atoms with van der Waals surface area (Å²) >= 11 is 1.45. The predicted octanol–water partition coefficient (Wildman–Crippen LogP) is 3.54. The number of ether oxygens (including phenoxy) is 1. The van der Waals surface area contributed by atoms with Gasteiger partial charge in [0.2, 0.25) is 4.96 Å². The van der Waals surface area contributed by atoms with Crippen molar-refractivity contribution >= 4 is 16.3 Å². The van der Waals surface area contributed by atoms with Crippen molar-refractivity contribution in [1.29, 1.82) is 5.26 Å². The fourth-order valence-corrected chi connectivity index (χ4v) is 2.94. The molecule has 0 radical (unpaired) electrons. The van der Waals surface area contributed by atoms with Gasteiger partial charge in [0.25, 0.3) is 0 Å². The van der Waals surface area contributed by atoms with Crippen LogP contribution in [0.15, 0.2) is 30.3 Å². The fraction of sp³-hybridized carbons (Fsp3) is 0.312. The Morgan fingerprint density at radius 2 is 2.00 bits per heavy atom. The summed E-state index contributed by atoms with van der Waals surface area (Å²) in [4.78, 5) is 5.30. The molecule has 2 heterocycles. The van der Waals surface area contributed by atoms with Gasteiger partial charge < -0.3 is 4.74 Å². The van der Waals surface area contributed by atoms with Crippen LogP contribution in [0.4, 0.5) is 0 Å². The first-order chi connectivity index (χ1) is 10.5. The molecule has 2 aromatic heterocycles. The van der Waals surface area contributed by atoms with Crippen molar-refractivity contribution in [3.8, 4) is 11.8 Å². The van der Waals surface area contributed by atoms with Gasteiger partial charge in [-0.25, -0.2) is 4.98 Å². The van der Waals surface area contributed by atoms with Crippen molar-refractivity contribution in [3.63, 3.8) is 0 Å². The largest absolute Gasteiger partial charge is 0.486 e. The molecule has 0 aliphatic carbocycles. The van der Waals surface area contributed by atoms with Crippen LogP contribution in [0.25, 0.3) is 4.96 Å². The Bertz CT molecular complexity index is 837. The van der Waals surface area contributed by atoms with Crippen molar-refractivity contribution in [1.82, 2.24) is 14.6 Å². The van der Waals surface area contributed by atoms with E-state index in [1.807, 2.05) is 51.1 Å². The molecule has 0 amide bonds. The minimum Gasteiger partial charge on any atom is -0.486 e.